The first kappa shape index (κ1) is 13.6. The fourth-order valence-corrected chi connectivity index (χ4v) is 2.11. The van der Waals surface area contributed by atoms with Gasteiger partial charge in [0.1, 0.15) is 10.7 Å². The summed E-state index contributed by atoms with van der Waals surface area (Å²) in [6.45, 7) is 1.77. The summed E-state index contributed by atoms with van der Waals surface area (Å²) in [7, 11) is 1.35. The number of esters is 1. The summed E-state index contributed by atoms with van der Waals surface area (Å²) in [5, 5.41) is 10.4. The standard InChI is InChI=1S/C10H13NO5S/c1-7(10(12)15-2)5-17-6-8-3-4-9(16-8)11(13)14/h3-4,7H,5-6H2,1-2H3. The predicted octanol–water partition coefficient (Wildman–Crippen LogP) is 2.23. The molecular weight excluding hydrogens is 246 g/mol. The summed E-state index contributed by atoms with van der Waals surface area (Å²) in [4.78, 5) is 20.9. The molecule has 6 nitrogen and oxygen atoms in total. The van der Waals surface area contributed by atoms with E-state index in [0.29, 0.717) is 17.3 Å². The highest BCUT2D eigenvalue weighted by atomic mass is 32.2. The number of nitrogens with zero attached hydrogens (tertiary/aromatic N) is 1. The van der Waals surface area contributed by atoms with Gasteiger partial charge in [0.05, 0.1) is 24.8 Å². The van der Waals surface area contributed by atoms with Crippen LogP contribution in [0.5, 0.6) is 0 Å². The number of nitro groups is 1. The van der Waals surface area contributed by atoms with Gasteiger partial charge >= 0.3 is 11.9 Å². The van der Waals surface area contributed by atoms with E-state index in [0.717, 1.165) is 0 Å². The molecule has 1 aromatic heterocycles. The lowest BCUT2D eigenvalue weighted by Crippen LogP contribution is -2.14. The minimum Gasteiger partial charge on any atom is -0.469 e. The Balaban J connectivity index is 2.35. The SMILES string of the molecule is COC(=O)C(C)CSCc1ccc([N+](=O)[O-])o1. The molecular formula is C10H13NO5S. The molecule has 0 saturated carbocycles. The van der Waals surface area contributed by atoms with Crippen LogP contribution >= 0.6 is 11.8 Å². The predicted molar refractivity (Wildman–Crippen MR) is 62.7 cm³/mol. The van der Waals surface area contributed by atoms with E-state index in [1.165, 1.54) is 24.9 Å². The van der Waals surface area contributed by atoms with Gasteiger partial charge in [0, 0.05) is 5.75 Å². The zero-order valence-electron chi connectivity index (χ0n) is 9.54. The van der Waals surface area contributed by atoms with Crippen LogP contribution in [0.1, 0.15) is 12.7 Å². The maximum absolute atomic E-state index is 11.1. The summed E-state index contributed by atoms with van der Waals surface area (Å²) in [5.74, 6) is 0.884. The maximum Gasteiger partial charge on any atom is 0.433 e. The minimum absolute atomic E-state index is 0.199. The van der Waals surface area contributed by atoms with E-state index in [-0.39, 0.29) is 17.8 Å². The molecule has 7 heteroatoms. The third-order valence-corrected chi connectivity index (χ3v) is 3.27. The Morgan fingerprint density at radius 2 is 2.35 bits per heavy atom. The van der Waals surface area contributed by atoms with Crippen molar-refractivity contribution in [3.05, 3.63) is 28.0 Å². The number of carbonyl (C=O) groups is 1. The fraction of sp³-hybridized carbons (Fsp3) is 0.500. The van der Waals surface area contributed by atoms with Gasteiger partial charge in [-0.05, 0) is 6.07 Å². The van der Waals surface area contributed by atoms with Gasteiger partial charge in [0.2, 0.25) is 0 Å². The molecule has 0 spiro atoms. The molecule has 1 aromatic rings. The van der Waals surface area contributed by atoms with Gasteiger partial charge in [-0.25, -0.2) is 0 Å². The van der Waals surface area contributed by atoms with E-state index in [9.17, 15) is 14.9 Å². The molecule has 1 atom stereocenters. The second-order valence-electron chi connectivity index (χ2n) is 3.44. The Labute approximate surface area is 102 Å². The molecule has 0 bridgehead atoms. The molecule has 1 rings (SSSR count). The van der Waals surface area contributed by atoms with Gasteiger partial charge in [-0.3, -0.25) is 14.9 Å². The van der Waals surface area contributed by atoms with Crippen LogP contribution < -0.4 is 0 Å². The average molecular weight is 259 g/mol. The summed E-state index contributed by atoms with van der Waals surface area (Å²) in [5.41, 5.74) is 0. The molecule has 0 saturated heterocycles. The van der Waals surface area contributed by atoms with Crippen LogP contribution in [0.25, 0.3) is 0 Å². The van der Waals surface area contributed by atoms with Crippen LogP contribution in [-0.4, -0.2) is 23.8 Å². The normalized spacial score (nSPS) is 12.1. The number of thioether (sulfide) groups is 1. The second-order valence-corrected chi connectivity index (χ2v) is 4.47. The highest BCUT2D eigenvalue weighted by Crippen LogP contribution is 2.21. The van der Waals surface area contributed by atoms with Gasteiger partial charge in [-0.15, -0.1) is 0 Å². The number of carbonyl (C=O) groups excluding carboxylic acids is 1. The van der Waals surface area contributed by atoms with Crippen molar-refractivity contribution < 1.29 is 18.9 Å². The Hall–Kier alpha value is -1.50. The van der Waals surface area contributed by atoms with E-state index in [1.807, 2.05) is 0 Å². The number of ether oxygens (including phenoxy) is 1. The van der Waals surface area contributed by atoms with Crippen LogP contribution in [0.2, 0.25) is 0 Å². The van der Waals surface area contributed by atoms with E-state index in [1.54, 1.807) is 13.0 Å². The summed E-state index contributed by atoms with van der Waals surface area (Å²) in [6, 6.07) is 2.88. The molecule has 0 N–H and O–H groups in total. The first-order valence-corrected chi connectivity index (χ1v) is 6.08. The first-order valence-electron chi connectivity index (χ1n) is 4.93. The zero-order chi connectivity index (χ0) is 12.8. The monoisotopic (exact) mass is 259 g/mol. The van der Waals surface area contributed by atoms with Gasteiger partial charge in [0.15, 0.2) is 0 Å². The molecule has 17 heavy (non-hydrogen) atoms. The third-order valence-electron chi connectivity index (χ3n) is 2.04. The lowest BCUT2D eigenvalue weighted by atomic mass is 10.2. The van der Waals surface area contributed by atoms with Crippen LogP contribution in [0.15, 0.2) is 16.5 Å². The van der Waals surface area contributed by atoms with Crippen molar-refractivity contribution in [1.82, 2.24) is 0 Å². The van der Waals surface area contributed by atoms with Crippen LogP contribution in [-0.2, 0) is 15.3 Å². The Morgan fingerprint density at radius 3 is 2.88 bits per heavy atom. The lowest BCUT2D eigenvalue weighted by molar-refractivity contribution is -0.402. The van der Waals surface area contributed by atoms with Crippen molar-refractivity contribution in [2.24, 2.45) is 5.92 Å². The van der Waals surface area contributed by atoms with Crippen molar-refractivity contribution in [1.29, 1.82) is 0 Å². The van der Waals surface area contributed by atoms with E-state index in [2.05, 4.69) is 4.74 Å². The van der Waals surface area contributed by atoms with Crippen LogP contribution in [0.4, 0.5) is 5.88 Å². The molecule has 0 aliphatic heterocycles. The van der Waals surface area contributed by atoms with E-state index >= 15 is 0 Å². The number of hydrogen-bond donors (Lipinski definition) is 0. The van der Waals surface area contributed by atoms with Gasteiger partial charge in [0.25, 0.3) is 0 Å². The largest absolute Gasteiger partial charge is 0.469 e. The molecule has 94 valence electrons. The Morgan fingerprint density at radius 1 is 1.65 bits per heavy atom. The second kappa shape index (κ2) is 6.29. The molecule has 0 aromatic carbocycles. The van der Waals surface area contributed by atoms with Gasteiger partial charge < -0.3 is 9.15 Å². The minimum atomic E-state index is -0.578. The van der Waals surface area contributed by atoms with Crippen molar-refractivity contribution in [3.63, 3.8) is 0 Å². The third kappa shape index (κ3) is 4.10. The van der Waals surface area contributed by atoms with Crippen molar-refractivity contribution in [2.45, 2.75) is 12.7 Å². The average Bonchev–Trinajstić information content (AvgIpc) is 2.76. The first-order chi connectivity index (χ1) is 8.04. The molecule has 0 aliphatic carbocycles. The zero-order valence-corrected chi connectivity index (χ0v) is 10.4. The quantitative estimate of drug-likeness (QED) is 0.442. The lowest BCUT2D eigenvalue weighted by Gasteiger charge is -2.07. The molecule has 0 amide bonds. The van der Waals surface area contributed by atoms with Crippen molar-refractivity contribution >= 4 is 23.6 Å². The number of hydrogen-bond acceptors (Lipinski definition) is 6. The maximum atomic E-state index is 11.1. The smallest absolute Gasteiger partial charge is 0.433 e. The number of furan rings is 1. The van der Waals surface area contributed by atoms with Crippen LogP contribution in [0, 0.1) is 16.0 Å². The van der Waals surface area contributed by atoms with Crippen molar-refractivity contribution in [2.75, 3.05) is 12.9 Å². The molecule has 1 unspecified atom stereocenters. The molecule has 0 aliphatic rings. The number of rotatable bonds is 6. The Bertz CT molecular complexity index is 403. The van der Waals surface area contributed by atoms with Crippen LogP contribution in [0.3, 0.4) is 0 Å². The van der Waals surface area contributed by atoms with Gasteiger partial charge in [-0.2, -0.15) is 11.8 Å². The molecule has 0 radical (unpaired) electrons. The highest BCUT2D eigenvalue weighted by Gasteiger charge is 2.15. The van der Waals surface area contributed by atoms with Gasteiger partial charge in [-0.1, -0.05) is 6.92 Å². The summed E-state index contributed by atoms with van der Waals surface area (Å²) in [6.07, 6.45) is 0. The summed E-state index contributed by atoms with van der Waals surface area (Å²) >= 11 is 1.47. The fourth-order valence-electron chi connectivity index (χ4n) is 1.15. The number of methoxy groups -OCH3 is 1. The highest BCUT2D eigenvalue weighted by molar-refractivity contribution is 7.98. The topological polar surface area (TPSA) is 82.6 Å². The molecule has 0 fully saturated rings. The summed E-state index contributed by atoms with van der Waals surface area (Å²) < 4.78 is 9.56. The molecule has 1 heterocycles. The van der Waals surface area contributed by atoms with E-state index in [4.69, 9.17) is 4.42 Å². The van der Waals surface area contributed by atoms with E-state index < -0.39 is 4.92 Å². The Kier molecular flexibility index (Phi) is 5.02. The van der Waals surface area contributed by atoms with Crippen molar-refractivity contribution in [3.8, 4) is 0 Å².